The van der Waals surface area contributed by atoms with E-state index in [2.05, 4.69) is 10.3 Å². The summed E-state index contributed by atoms with van der Waals surface area (Å²) in [6.45, 7) is 0. The molecule has 0 radical (unpaired) electrons. The molecule has 1 heterocycles. The quantitative estimate of drug-likeness (QED) is 0.804. The highest BCUT2D eigenvalue weighted by Crippen LogP contribution is 2.16. The van der Waals surface area contributed by atoms with Crippen LogP contribution in [0, 0.1) is 11.6 Å². The van der Waals surface area contributed by atoms with E-state index in [9.17, 15) is 13.6 Å². The van der Waals surface area contributed by atoms with Crippen molar-refractivity contribution in [3.63, 3.8) is 0 Å². The topological polar surface area (TPSA) is 55.1 Å². The van der Waals surface area contributed by atoms with Crippen LogP contribution in [-0.4, -0.2) is 10.9 Å². The number of halogens is 2. The van der Waals surface area contributed by atoms with Crippen LogP contribution in [0.1, 0.15) is 5.56 Å². The van der Waals surface area contributed by atoms with Crippen LogP contribution >= 0.6 is 0 Å². The van der Waals surface area contributed by atoms with Crippen molar-refractivity contribution in [2.45, 2.75) is 6.42 Å². The molecular formula is C15H10F2N2O2. The second kappa shape index (κ2) is 5.32. The Morgan fingerprint density at radius 3 is 2.81 bits per heavy atom. The highest BCUT2D eigenvalue weighted by molar-refractivity contribution is 5.92. The lowest BCUT2D eigenvalue weighted by Crippen LogP contribution is -2.14. The van der Waals surface area contributed by atoms with Gasteiger partial charge in [0.25, 0.3) is 0 Å². The molecule has 0 unspecified atom stereocenters. The summed E-state index contributed by atoms with van der Waals surface area (Å²) in [6.07, 6.45) is 1.42. The molecule has 0 aliphatic heterocycles. The molecule has 0 saturated heterocycles. The van der Waals surface area contributed by atoms with Crippen LogP contribution < -0.4 is 5.32 Å². The summed E-state index contributed by atoms with van der Waals surface area (Å²) in [4.78, 5) is 15.9. The molecule has 0 aliphatic rings. The van der Waals surface area contributed by atoms with Crippen molar-refractivity contribution in [3.8, 4) is 0 Å². The minimum Gasteiger partial charge on any atom is -0.443 e. The molecule has 6 heteroatoms. The first-order valence-electron chi connectivity index (χ1n) is 6.19. The van der Waals surface area contributed by atoms with Crippen molar-refractivity contribution in [3.05, 3.63) is 60.0 Å². The van der Waals surface area contributed by atoms with E-state index in [1.807, 2.05) is 0 Å². The van der Waals surface area contributed by atoms with Gasteiger partial charge in [0.05, 0.1) is 6.42 Å². The second-order valence-corrected chi connectivity index (χ2v) is 4.51. The zero-order chi connectivity index (χ0) is 14.8. The van der Waals surface area contributed by atoms with Gasteiger partial charge in [-0.05, 0) is 29.8 Å². The van der Waals surface area contributed by atoms with E-state index in [0.717, 1.165) is 17.7 Å². The summed E-state index contributed by atoms with van der Waals surface area (Å²) >= 11 is 0. The first kappa shape index (κ1) is 13.2. The second-order valence-electron chi connectivity index (χ2n) is 4.51. The van der Waals surface area contributed by atoms with Crippen molar-refractivity contribution in [1.82, 2.24) is 4.98 Å². The lowest BCUT2D eigenvalue weighted by atomic mass is 10.1. The largest absolute Gasteiger partial charge is 0.443 e. The summed E-state index contributed by atoms with van der Waals surface area (Å²) in [5.41, 5.74) is 2.24. The SMILES string of the molecule is O=C(Cc1ccc2ncoc2c1)Nc1ccc(F)c(F)c1. The van der Waals surface area contributed by atoms with Crippen LogP contribution in [0.3, 0.4) is 0 Å². The first-order valence-corrected chi connectivity index (χ1v) is 6.19. The fourth-order valence-electron chi connectivity index (χ4n) is 1.97. The number of benzene rings is 2. The average molecular weight is 288 g/mol. The van der Waals surface area contributed by atoms with E-state index >= 15 is 0 Å². The average Bonchev–Trinajstić information content (AvgIpc) is 2.90. The molecule has 4 nitrogen and oxygen atoms in total. The van der Waals surface area contributed by atoms with Crippen LogP contribution in [0.4, 0.5) is 14.5 Å². The molecule has 3 aromatic rings. The number of rotatable bonds is 3. The predicted octanol–water partition coefficient (Wildman–Crippen LogP) is 3.29. The molecule has 1 amide bonds. The van der Waals surface area contributed by atoms with Gasteiger partial charge in [-0.2, -0.15) is 0 Å². The molecule has 21 heavy (non-hydrogen) atoms. The van der Waals surface area contributed by atoms with Crippen LogP contribution in [-0.2, 0) is 11.2 Å². The zero-order valence-electron chi connectivity index (χ0n) is 10.8. The van der Waals surface area contributed by atoms with Crippen molar-refractivity contribution >= 4 is 22.7 Å². The number of oxazole rings is 1. The van der Waals surface area contributed by atoms with Crippen LogP contribution in [0.25, 0.3) is 11.1 Å². The maximum absolute atomic E-state index is 13.0. The zero-order valence-corrected chi connectivity index (χ0v) is 10.8. The van der Waals surface area contributed by atoms with E-state index in [-0.39, 0.29) is 18.0 Å². The Hall–Kier alpha value is -2.76. The minimum absolute atomic E-state index is 0.0929. The highest BCUT2D eigenvalue weighted by Gasteiger charge is 2.08. The van der Waals surface area contributed by atoms with Gasteiger partial charge in [-0.25, -0.2) is 13.8 Å². The van der Waals surface area contributed by atoms with Crippen LogP contribution in [0.15, 0.2) is 47.2 Å². The Balaban J connectivity index is 1.71. The molecule has 3 rings (SSSR count). The van der Waals surface area contributed by atoms with Crippen molar-refractivity contribution in [2.24, 2.45) is 0 Å². The molecule has 106 valence electrons. The van der Waals surface area contributed by atoms with Gasteiger partial charge >= 0.3 is 0 Å². The Morgan fingerprint density at radius 1 is 1.14 bits per heavy atom. The molecule has 1 aromatic heterocycles. The van der Waals surface area contributed by atoms with Gasteiger partial charge < -0.3 is 9.73 Å². The molecule has 0 saturated carbocycles. The van der Waals surface area contributed by atoms with Crippen LogP contribution in [0.5, 0.6) is 0 Å². The van der Waals surface area contributed by atoms with E-state index in [4.69, 9.17) is 4.42 Å². The van der Waals surface area contributed by atoms with Gasteiger partial charge in [0, 0.05) is 11.8 Å². The molecule has 0 aliphatic carbocycles. The van der Waals surface area contributed by atoms with Gasteiger partial charge in [-0.1, -0.05) is 6.07 Å². The van der Waals surface area contributed by atoms with Gasteiger partial charge in [-0.15, -0.1) is 0 Å². The monoisotopic (exact) mass is 288 g/mol. The first-order chi connectivity index (χ1) is 10.1. The number of nitrogens with one attached hydrogen (secondary N) is 1. The number of nitrogens with zero attached hydrogens (tertiary/aromatic N) is 1. The Bertz CT molecular complexity index is 814. The Kier molecular flexibility index (Phi) is 3.35. The molecule has 2 aromatic carbocycles. The van der Waals surface area contributed by atoms with Gasteiger partial charge in [0.1, 0.15) is 5.52 Å². The molecular weight excluding hydrogens is 278 g/mol. The third-order valence-corrected chi connectivity index (χ3v) is 2.96. The number of anilines is 1. The number of amides is 1. The maximum Gasteiger partial charge on any atom is 0.228 e. The summed E-state index contributed by atoms with van der Waals surface area (Å²) in [7, 11) is 0. The number of fused-ring (bicyclic) bond motifs is 1. The third-order valence-electron chi connectivity index (χ3n) is 2.96. The smallest absolute Gasteiger partial charge is 0.228 e. The number of carbonyl (C=O) groups is 1. The number of hydrogen-bond acceptors (Lipinski definition) is 3. The lowest BCUT2D eigenvalue weighted by Gasteiger charge is -2.05. The normalized spacial score (nSPS) is 10.8. The van der Waals surface area contributed by atoms with Crippen molar-refractivity contribution < 1.29 is 18.0 Å². The fraction of sp³-hybridized carbons (Fsp3) is 0.0667. The number of aromatic nitrogens is 1. The summed E-state index contributed by atoms with van der Waals surface area (Å²) < 4.78 is 31.0. The molecule has 0 fully saturated rings. The van der Waals surface area contributed by atoms with E-state index in [1.165, 1.54) is 12.5 Å². The van der Waals surface area contributed by atoms with E-state index in [0.29, 0.717) is 11.1 Å². The molecule has 0 spiro atoms. The van der Waals surface area contributed by atoms with Crippen molar-refractivity contribution in [1.29, 1.82) is 0 Å². The van der Waals surface area contributed by atoms with Crippen molar-refractivity contribution in [2.75, 3.05) is 5.32 Å². The standard InChI is InChI=1S/C15H10F2N2O2/c16-11-3-2-10(7-12(11)17)19-15(20)6-9-1-4-13-14(5-9)21-8-18-13/h1-5,7-8H,6H2,(H,19,20). The molecule has 0 bridgehead atoms. The molecule has 1 N–H and O–H groups in total. The lowest BCUT2D eigenvalue weighted by molar-refractivity contribution is -0.115. The number of hydrogen-bond donors (Lipinski definition) is 1. The summed E-state index contributed by atoms with van der Waals surface area (Å²) in [6, 6.07) is 8.43. The Labute approximate surface area is 118 Å². The summed E-state index contributed by atoms with van der Waals surface area (Å²) in [5.74, 6) is -2.29. The predicted molar refractivity (Wildman–Crippen MR) is 72.7 cm³/mol. The van der Waals surface area contributed by atoms with Gasteiger partial charge in [0.15, 0.2) is 23.6 Å². The Morgan fingerprint density at radius 2 is 2.00 bits per heavy atom. The highest BCUT2D eigenvalue weighted by atomic mass is 19.2. The van der Waals surface area contributed by atoms with Gasteiger partial charge in [-0.3, -0.25) is 4.79 Å². The van der Waals surface area contributed by atoms with Gasteiger partial charge in [0.2, 0.25) is 5.91 Å². The van der Waals surface area contributed by atoms with Crippen LogP contribution in [0.2, 0.25) is 0 Å². The number of carbonyl (C=O) groups excluding carboxylic acids is 1. The molecule has 0 atom stereocenters. The summed E-state index contributed by atoms with van der Waals surface area (Å²) in [5, 5.41) is 2.51. The van der Waals surface area contributed by atoms with E-state index < -0.39 is 11.6 Å². The minimum atomic E-state index is -1.00. The van der Waals surface area contributed by atoms with E-state index in [1.54, 1.807) is 18.2 Å². The maximum atomic E-state index is 13.0. The third kappa shape index (κ3) is 2.89. The fourth-order valence-corrected chi connectivity index (χ4v) is 1.97.